The molecule has 2 N–H and O–H groups in total. The Bertz CT molecular complexity index is 438. The Morgan fingerprint density at radius 2 is 2.06 bits per heavy atom. The van der Waals surface area contributed by atoms with Gasteiger partial charge >= 0.3 is 0 Å². The number of nitrogens with two attached hydrogens (primary N) is 1. The topological polar surface area (TPSA) is 35.2 Å². The Labute approximate surface area is 115 Å². The van der Waals surface area contributed by atoms with Crippen LogP contribution in [-0.2, 0) is 0 Å². The standard InChI is InChI=1S/C15H21NOS/c1-10-9-12(7-8-13(10)17-2)14(15(16)18)11-5-3-4-6-11/h7-9,11,14H,3-6H2,1-2H3,(H2,16,18). The number of ether oxygens (including phenoxy) is 1. The molecule has 0 spiro atoms. The first-order valence-corrected chi connectivity index (χ1v) is 6.98. The van der Waals surface area contributed by atoms with Crippen LogP contribution in [0.25, 0.3) is 0 Å². The van der Waals surface area contributed by atoms with E-state index in [1.165, 1.54) is 31.2 Å². The predicted molar refractivity (Wildman–Crippen MR) is 79.2 cm³/mol. The zero-order chi connectivity index (χ0) is 13.1. The van der Waals surface area contributed by atoms with Crippen LogP contribution in [0.1, 0.15) is 42.7 Å². The van der Waals surface area contributed by atoms with E-state index in [0.29, 0.717) is 10.9 Å². The molecule has 1 fully saturated rings. The van der Waals surface area contributed by atoms with Crippen molar-refractivity contribution in [3.63, 3.8) is 0 Å². The molecule has 0 radical (unpaired) electrons. The smallest absolute Gasteiger partial charge is 0.121 e. The maximum Gasteiger partial charge on any atom is 0.121 e. The van der Waals surface area contributed by atoms with Crippen LogP contribution in [0, 0.1) is 12.8 Å². The summed E-state index contributed by atoms with van der Waals surface area (Å²) < 4.78 is 5.30. The minimum absolute atomic E-state index is 0.229. The molecular formula is C15H21NOS. The highest BCUT2D eigenvalue weighted by Gasteiger charge is 2.28. The van der Waals surface area contributed by atoms with Crippen molar-refractivity contribution in [2.45, 2.75) is 38.5 Å². The van der Waals surface area contributed by atoms with Gasteiger partial charge in [-0.1, -0.05) is 37.2 Å². The number of thiocarbonyl (C=S) groups is 1. The molecule has 98 valence electrons. The molecular weight excluding hydrogens is 242 g/mol. The molecule has 1 aliphatic carbocycles. The SMILES string of the molecule is COc1ccc(C(C(N)=S)C2CCCC2)cc1C. The Kier molecular flexibility index (Phi) is 4.23. The average molecular weight is 263 g/mol. The maximum atomic E-state index is 5.97. The van der Waals surface area contributed by atoms with Gasteiger partial charge in [0.15, 0.2) is 0 Å². The van der Waals surface area contributed by atoms with Gasteiger partial charge in [-0.2, -0.15) is 0 Å². The summed E-state index contributed by atoms with van der Waals surface area (Å²) in [6, 6.07) is 6.29. The largest absolute Gasteiger partial charge is 0.496 e. The molecule has 1 atom stereocenters. The van der Waals surface area contributed by atoms with E-state index in [1.54, 1.807) is 7.11 Å². The lowest BCUT2D eigenvalue weighted by Gasteiger charge is -2.23. The molecule has 0 bridgehead atoms. The van der Waals surface area contributed by atoms with E-state index in [-0.39, 0.29) is 5.92 Å². The van der Waals surface area contributed by atoms with Gasteiger partial charge in [-0.3, -0.25) is 0 Å². The van der Waals surface area contributed by atoms with E-state index in [9.17, 15) is 0 Å². The highest BCUT2D eigenvalue weighted by atomic mass is 32.1. The zero-order valence-corrected chi connectivity index (χ0v) is 11.9. The lowest BCUT2D eigenvalue weighted by molar-refractivity contribution is 0.411. The maximum absolute atomic E-state index is 5.97. The number of hydrogen-bond donors (Lipinski definition) is 1. The van der Waals surface area contributed by atoms with E-state index in [4.69, 9.17) is 22.7 Å². The van der Waals surface area contributed by atoms with Crippen LogP contribution in [0.3, 0.4) is 0 Å². The van der Waals surface area contributed by atoms with Crippen molar-refractivity contribution in [2.24, 2.45) is 11.7 Å². The van der Waals surface area contributed by atoms with Gasteiger partial charge in [0.2, 0.25) is 0 Å². The first-order chi connectivity index (χ1) is 8.63. The van der Waals surface area contributed by atoms with Crippen LogP contribution in [0.15, 0.2) is 18.2 Å². The fourth-order valence-electron chi connectivity index (χ4n) is 3.05. The predicted octanol–water partition coefficient (Wildman–Crippen LogP) is 3.56. The average Bonchev–Trinajstić information content (AvgIpc) is 2.82. The van der Waals surface area contributed by atoms with E-state index in [1.807, 2.05) is 6.07 Å². The van der Waals surface area contributed by atoms with Crippen LogP contribution in [0.4, 0.5) is 0 Å². The molecule has 0 aromatic heterocycles. The van der Waals surface area contributed by atoms with Crippen molar-refractivity contribution >= 4 is 17.2 Å². The van der Waals surface area contributed by atoms with Gasteiger partial charge in [0.05, 0.1) is 12.1 Å². The molecule has 1 saturated carbocycles. The van der Waals surface area contributed by atoms with Gasteiger partial charge in [0.1, 0.15) is 5.75 Å². The summed E-state index contributed by atoms with van der Waals surface area (Å²) in [7, 11) is 1.70. The third-order valence-corrected chi connectivity index (χ3v) is 4.21. The lowest BCUT2D eigenvalue weighted by Crippen LogP contribution is -2.25. The Morgan fingerprint density at radius 1 is 1.39 bits per heavy atom. The molecule has 1 aromatic rings. The normalized spacial score (nSPS) is 17.7. The lowest BCUT2D eigenvalue weighted by atomic mass is 9.84. The van der Waals surface area contributed by atoms with E-state index in [0.717, 1.165) is 11.3 Å². The van der Waals surface area contributed by atoms with Crippen molar-refractivity contribution in [1.82, 2.24) is 0 Å². The summed E-state index contributed by atoms with van der Waals surface area (Å²) in [6.07, 6.45) is 5.10. The summed E-state index contributed by atoms with van der Waals surface area (Å²) in [4.78, 5) is 0.631. The first-order valence-electron chi connectivity index (χ1n) is 6.57. The van der Waals surface area contributed by atoms with Crippen molar-refractivity contribution in [3.05, 3.63) is 29.3 Å². The molecule has 3 heteroatoms. The third kappa shape index (κ3) is 2.66. The fraction of sp³-hybridized carbons (Fsp3) is 0.533. The van der Waals surface area contributed by atoms with Crippen LogP contribution in [-0.4, -0.2) is 12.1 Å². The minimum Gasteiger partial charge on any atom is -0.496 e. The fourth-order valence-corrected chi connectivity index (χ4v) is 3.38. The highest BCUT2D eigenvalue weighted by Crippen LogP contribution is 2.38. The van der Waals surface area contributed by atoms with Crippen LogP contribution in [0.2, 0.25) is 0 Å². The van der Waals surface area contributed by atoms with Gasteiger partial charge in [-0.25, -0.2) is 0 Å². The summed E-state index contributed by atoms with van der Waals surface area (Å²) >= 11 is 5.29. The summed E-state index contributed by atoms with van der Waals surface area (Å²) in [5, 5.41) is 0. The van der Waals surface area contributed by atoms with E-state index >= 15 is 0 Å². The van der Waals surface area contributed by atoms with Gasteiger partial charge in [0, 0.05) is 5.92 Å². The molecule has 1 unspecified atom stereocenters. The number of methoxy groups -OCH3 is 1. The number of aryl methyl sites for hydroxylation is 1. The second kappa shape index (κ2) is 5.70. The second-order valence-electron chi connectivity index (χ2n) is 5.15. The summed E-state index contributed by atoms with van der Waals surface area (Å²) in [5.41, 5.74) is 8.36. The van der Waals surface area contributed by atoms with Crippen molar-refractivity contribution in [3.8, 4) is 5.75 Å². The molecule has 1 aliphatic rings. The molecule has 2 nitrogen and oxygen atoms in total. The van der Waals surface area contributed by atoms with Crippen LogP contribution in [0.5, 0.6) is 5.75 Å². The number of benzene rings is 1. The summed E-state index contributed by atoms with van der Waals surface area (Å²) in [6.45, 7) is 2.06. The van der Waals surface area contributed by atoms with Gasteiger partial charge < -0.3 is 10.5 Å². The van der Waals surface area contributed by atoms with Crippen molar-refractivity contribution < 1.29 is 4.74 Å². The van der Waals surface area contributed by atoms with Crippen molar-refractivity contribution in [2.75, 3.05) is 7.11 Å². The molecule has 0 amide bonds. The molecule has 0 saturated heterocycles. The van der Waals surface area contributed by atoms with Gasteiger partial charge in [-0.05, 0) is 42.9 Å². The quantitative estimate of drug-likeness (QED) is 0.844. The Hall–Kier alpha value is -1.09. The molecule has 0 aliphatic heterocycles. The third-order valence-electron chi connectivity index (χ3n) is 3.96. The van der Waals surface area contributed by atoms with Crippen molar-refractivity contribution in [1.29, 1.82) is 0 Å². The molecule has 0 heterocycles. The van der Waals surface area contributed by atoms with Crippen LogP contribution >= 0.6 is 12.2 Å². The van der Waals surface area contributed by atoms with E-state index in [2.05, 4.69) is 19.1 Å². The second-order valence-corrected chi connectivity index (χ2v) is 5.63. The Balaban J connectivity index is 2.30. The molecule has 1 aromatic carbocycles. The van der Waals surface area contributed by atoms with Gasteiger partial charge in [-0.15, -0.1) is 0 Å². The number of rotatable bonds is 4. The summed E-state index contributed by atoms with van der Waals surface area (Å²) in [5.74, 6) is 1.77. The highest BCUT2D eigenvalue weighted by molar-refractivity contribution is 7.80. The van der Waals surface area contributed by atoms with Gasteiger partial charge in [0.25, 0.3) is 0 Å². The van der Waals surface area contributed by atoms with Crippen LogP contribution < -0.4 is 10.5 Å². The number of hydrogen-bond acceptors (Lipinski definition) is 2. The zero-order valence-electron chi connectivity index (χ0n) is 11.1. The molecule has 18 heavy (non-hydrogen) atoms. The Morgan fingerprint density at radius 3 is 2.56 bits per heavy atom. The minimum atomic E-state index is 0.229. The first kappa shape index (κ1) is 13.3. The monoisotopic (exact) mass is 263 g/mol. The molecule has 2 rings (SSSR count). The van der Waals surface area contributed by atoms with E-state index < -0.39 is 0 Å².